The van der Waals surface area contributed by atoms with Crippen LogP contribution in [0, 0.1) is 5.92 Å². The number of alkyl halides is 3. The molecule has 1 atom stereocenters. The van der Waals surface area contributed by atoms with E-state index in [9.17, 15) is 13.2 Å². The zero-order valence-electron chi connectivity index (χ0n) is 10.8. The van der Waals surface area contributed by atoms with Gasteiger partial charge in [0.1, 0.15) is 0 Å². The van der Waals surface area contributed by atoms with E-state index in [4.69, 9.17) is 17.3 Å². The summed E-state index contributed by atoms with van der Waals surface area (Å²) < 4.78 is 37.9. The molecule has 1 nitrogen and oxygen atoms in total. The lowest BCUT2D eigenvalue weighted by Gasteiger charge is -2.16. The summed E-state index contributed by atoms with van der Waals surface area (Å²) in [6.07, 6.45) is -2.87. The van der Waals surface area contributed by atoms with E-state index in [1.54, 1.807) is 0 Å². The topological polar surface area (TPSA) is 26.0 Å². The van der Waals surface area contributed by atoms with Gasteiger partial charge in [0, 0.05) is 11.1 Å². The van der Waals surface area contributed by atoms with Crippen LogP contribution in [-0.2, 0) is 6.18 Å². The van der Waals surface area contributed by atoms with Crippen molar-refractivity contribution in [2.45, 2.75) is 38.9 Å². The van der Waals surface area contributed by atoms with Crippen molar-refractivity contribution in [2.24, 2.45) is 11.7 Å². The van der Waals surface area contributed by atoms with E-state index >= 15 is 0 Å². The van der Waals surface area contributed by atoms with Crippen molar-refractivity contribution in [2.75, 3.05) is 0 Å². The molecule has 0 saturated heterocycles. The second-order valence-corrected chi connectivity index (χ2v) is 5.29. The van der Waals surface area contributed by atoms with Gasteiger partial charge < -0.3 is 5.73 Å². The molecule has 0 aromatic heterocycles. The molecule has 1 aromatic rings. The van der Waals surface area contributed by atoms with Gasteiger partial charge in [-0.3, -0.25) is 0 Å². The van der Waals surface area contributed by atoms with Gasteiger partial charge in [0.25, 0.3) is 0 Å². The Labute approximate surface area is 122 Å². The van der Waals surface area contributed by atoms with Gasteiger partial charge in [-0.15, -0.1) is 12.4 Å². The third-order valence-electron chi connectivity index (χ3n) is 2.73. The van der Waals surface area contributed by atoms with Gasteiger partial charge in [-0.25, -0.2) is 0 Å². The SMILES string of the molecule is CC(C)CC[C@@H](N)c1cc(Cl)cc(C(F)(F)F)c1.Cl. The van der Waals surface area contributed by atoms with Crippen LogP contribution in [0.5, 0.6) is 0 Å². The zero-order chi connectivity index (χ0) is 13.9. The number of benzene rings is 1. The van der Waals surface area contributed by atoms with Gasteiger partial charge in [-0.2, -0.15) is 13.2 Å². The molecule has 1 rings (SSSR count). The molecular weight excluding hydrogens is 298 g/mol. The van der Waals surface area contributed by atoms with Crippen LogP contribution in [0.4, 0.5) is 13.2 Å². The molecule has 0 saturated carbocycles. The lowest BCUT2D eigenvalue weighted by atomic mass is 9.97. The minimum absolute atomic E-state index is 0. The molecule has 0 aliphatic carbocycles. The fraction of sp³-hybridized carbons (Fsp3) is 0.538. The van der Waals surface area contributed by atoms with Gasteiger partial charge in [0.05, 0.1) is 5.56 Å². The summed E-state index contributed by atoms with van der Waals surface area (Å²) in [5.74, 6) is 0.470. The highest BCUT2D eigenvalue weighted by atomic mass is 35.5. The molecule has 2 N–H and O–H groups in total. The number of nitrogens with two attached hydrogens (primary N) is 1. The smallest absolute Gasteiger partial charge is 0.324 e. The first kappa shape index (κ1) is 18.6. The van der Waals surface area contributed by atoms with E-state index in [1.807, 2.05) is 13.8 Å². The van der Waals surface area contributed by atoms with Crippen molar-refractivity contribution in [1.29, 1.82) is 0 Å². The Morgan fingerprint density at radius 2 is 1.74 bits per heavy atom. The van der Waals surface area contributed by atoms with Crippen LogP contribution < -0.4 is 5.73 Å². The highest BCUT2D eigenvalue weighted by molar-refractivity contribution is 6.30. The molecule has 0 radical (unpaired) electrons. The lowest BCUT2D eigenvalue weighted by Crippen LogP contribution is -2.13. The number of halogens is 5. The van der Waals surface area contributed by atoms with Crippen LogP contribution in [0.3, 0.4) is 0 Å². The highest BCUT2D eigenvalue weighted by Crippen LogP contribution is 2.33. The van der Waals surface area contributed by atoms with Crippen molar-refractivity contribution in [3.63, 3.8) is 0 Å². The predicted octanol–water partition coefficient (Wildman–Crippen LogP) is 5.22. The normalized spacial score (nSPS) is 13.3. The van der Waals surface area contributed by atoms with Crippen molar-refractivity contribution >= 4 is 24.0 Å². The molecular formula is C13H18Cl2F3N. The maximum Gasteiger partial charge on any atom is 0.416 e. The second-order valence-electron chi connectivity index (χ2n) is 4.85. The van der Waals surface area contributed by atoms with Crippen LogP contribution >= 0.6 is 24.0 Å². The maximum absolute atomic E-state index is 12.6. The summed E-state index contributed by atoms with van der Waals surface area (Å²) >= 11 is 5.71. The first-order valence-corrected chi connectivity index (χ1v) is 6.21. The van der Waals surface area contributed by atoms with E-state index in [2.05, 4.69) is 0 Å². The Balaban J connectivity index is 0.00000324. The van der Waals surface area contributed by atoms with E-state index in [-0.39, 0.29) is 17.4 Å². The molecule has 1 aromatic carbocycles. The molecule has 0 aliphatic heterocycles. The van der Waals surface area contributed by atoms with Crippen molar-refractivity contribution in [3.05, 3.63) is 34.3 Å². The summed E-state index contributed by atoms with van der Waals surface area (Å²) in [5, 5.41) is 0.0693. The second kappa shape index (κ2) is 7.36. The average Bonchev–Trinajstić information content (AvgIpc) is 2.23. The quantitative estimate of drug-likeness (QED) is 0.810. The lowest BCUT2D eigenvalue weighted by molar-refractivity contribution is -0.137. The van der Waals surface area contributed by atoms with E-state index in [1.165, 1.54) is 6.07 Å². The standard InChI is InChI=1S/C13H17ClF3N.ClH/c1-8(2)3-4-12(18)9-5-10(13(15,16)17)7-11(14)6-9;/h5-8,12H,3-4,18H2,1-2H3;1H/t12-;/m1./s1. The van der Waals surface area contributed by atoms with E-state index < -0.39 is 17.8 Å². The summed E-state index contributed by atoms with van der Waals surface area (Å²) in [4.78, 5) is 0. The number of hydrogen-bond donors (Lipinski definition) is 1. The Bertz CT molecular complexity index is 405. The molecule has 110 valence electrons. The summed E-state index contributed by atoms with van der Waals surface area (Å²) in [6.45, 7) is 4.09. The first-order chi connectivity index (χ1) is 8.20. The average molecular weight is 316 g/mol. The van der Waals surface area contributed by atoms with Crippen LogP contribution in [0.2, 0.25) is 5.02 Å². The van der Waals surface area contributed by atoms with Crippen molar-refractivity contribution < 1.29 is 13.2 Å². The third-order valence-corrected chi connectivity index (χ3v) is 2.95. The Morgan fingerprint density at radius 1 is 1.16 bits per heavy atom. The fourth-order valence-corrected chi connectivity index (χ4v) is 1.91. The molecule has 0 amide bonds. The monoisotopic (exact) mass is 315 g/mol. The minimum Gasteiger partial charge on any atom is -0.324 e. The van der Waals surface area contributed by atoms with E-state index in [0.29, 0.717) is 17.9 Å². The van der Waals surface area contributed by atoms with Gasteiger partial charge in [-0.05, 0) is 42.5 Å². The summed E-state index contributed by atoms with van der Waals surface area (Å²) in [6, 6.07) is 3.09. The van der Waals surface area contributed by atoms with E-state index in [0.717, 1.165) is 18.6 Å². The van der Waals surface area contributed by atoms with Crippen LogP contribution in [0.15, 0.2) is 18.2 Å². The Hall–Kier alpha value is -0.450. The zero-order valence-corrected chi connectivity index (χ0v) is 12.4. The van der Waals surface area contributed by atoms with Crippen molar-refractivity contribution in [3.8, 4) is 0 Å². The van der Waals surface area contributed by atoms with Gasteiger partial charge >= 0.3 is 6.18 Å². The van der Waals surface area contributed by atoms with Gasteiger partial charge in [-0.1, -0.05) is 25.4 Å². The van der Waals surface area contributed by atoms with Gasteiger partial charge in [0.15, 0.2) is 0 Å². The largest absolute Gasteiger partial charge is 0.416 e. The van der Waals surface area contributed by atoms with Crippen LogP contribution in [0.25, 0.3) is 0 Å². The fourth-order valence-electron chi connectivity index (χ4n) is 1.67. The predicted molar refractivity (Wildman–Crippen MR) is 74.7 cm³/mol. The number of hydrogen-bond acceptors (Lipinski definition) is 1. The van der Waals surface area contributed by atoms with Gasteiger partial charge in [0.2, 0.25) is 0 Å². The number of rotatable bonds is 4. The van der Waals surface area contributed by atoms with Crippen molar-refractivity contribution in [1.82, 2.24) is 0 Å². The molecule has 19 heavy (non-hydrogen) atoms. The maximum atomic E-state index is 12.6. The van der Waals surface area contributed by atoms with Crippen LogP contribution in [0.1, 0.15) is 43.9 Å². The molecule has 0 bridgehead atoms. The molecule has 0 unspecified atom stereocenters. The third kappa shape index (κ3) is 6.02. The summed E-state index contributed by atoms with van der Waals surface area (Å²) in [7, 11) is 0. The Kier molecular flexibility index (Phi) is 7.19. The molecule has 0 fully saturated rings. The molecule has 0 aliphatic rings. The highest BCUT2D eigenvalue weighted by Gasteiger charge is 2.31. The molecule has 6 heteroatoms. The summed E-state index contributed by atoms with van der Waals surface area (Å²) in [5.41, 5.74) is 5.59. The molecule has 0 heterocycles. The molecule has 0 spiro atoms. The van der Waals surface area contributed by atoms with Crippen LogP contribution in [-0.4, -0.2) is 0 Å². The minimum atomic E-state index is -4.39. The first-order valence-electron chi connectivity index (χ1n) is 5.83. The Morgan fingerprint density at radius 3 is 2.21 bits per heavy atom.